The number of aryl methyl sites for hydroxylation is 2. The predicted molar refractivity (Wildman–Crippen MR) is 120 cm³/mol. The molecule has 3 aromatic rings. The minimum atomic E-state index is -4.45. The molecular weight excluding hydrogens is 453 g/mol. The number of carbonyl (C=O) groups excluding carboxylic acids is 1. The number of carbonyl (C=O) groups is 1. The first-order valence-electron chi connectivity index (χ1n) is 10.9. The molecule has 1 aliphatic rings. The molecule has 1 amide bonds. The number of hydrogen-bond acceptors (Lipinski definition) is 5. The van der Waals surface area contributed by atoms with Gasteiger partial charge in [0.25, 0.3) is 11.5 Å². The van der Waals surface area contributed by atoms with Gasteiger partial charge in [-0.15, -0.1) is 0 Å². The summed E-state index contributed by atoms with van der Waals surface area (Å²) in [5, 5.41) is 3.24. The van der Waals surface area contributed by atoms with Gasteiger partial charge in [0.2, 0.25) is 0 Å². The Bertz CT molecular complexity index is 1350. The van der Waals surface area contributed by atoms with E-state index in [0.717, 1.165) is 16.8 Å². The molecule has 1 fully saturated rings. The van der Waals surface area contributed by atoms with Crippen molar-refractivity contribution in [2.45, 2.75) is 38.5 Å². The van der Waals surface area contributed by atoms with Gasteiger partial charge in [-0.2, -0.15) is 13.2 Å². The Morgan fingerprint density at radius 3 is 2.56 bits per heavy atom. The van der Waals surface area contributed by atoms with E-state index < -0.39 is 23.0 Å². The van der Waals surface area contributed by atoms with Crippen LogP contribution in [0.1, 0.15) is 35.8 Å². The van der Waals surface area contributed by atoms with Crippen molar-refractivity contribution in [1.82, 2.24) is 24.0 Å². The number of amides is 1. The fraction of sp³-hybridized carbons (Fsp3) is 0.455. The molecule has 0 aliphatic carbocycles. The van der Waals surface area contributed by atoms with Crippen LogP contribution < -0.4 is 21.5 Å². The number of nitrogens with zero attached hydrogens (tertiary/aromatic N) is 5. The van der Waals surface area contributed by atoms with Gasteiger partial charge in [-0.3, -0.25) is 18.7 Å². The second-order valence-corrected chi connectivity index (χ2v) is 8.43. The highest BCUT2D eigenvalue weighted by Gasteiger charge is 2.32. The number of alkyl halides is 3. The molecule has 1 saturated heterocycles. The van der Waals surface area contributed by atoms with E-state index in [-0.39, 0.29) is 23.0 Å². The number of hydrogen-bond donors (Lipinski definition) is 1. The van der Waals surface area contributed by atoms with Gasteiger partial charge >= 0.3 is 11.9 Å². The van der Waals surface area contributed by atoms with Crippen molar-refractivity contribution < 1.29 is 18.0 Å². The Morgan fingerprint density at radius 1 is 1.21 bits per heavy atom. The summed E-state index contributed by atoms with van der Waals surface area (Å²) in [6, 6.07) is 3.56. The van der Waals surface area contributed by atoms with E-state index >= 15 is 0 Å². The van der Waals surface area contributed by atoms with Crippen LogP contribution in [0.4, 0.5) is 19.0 Å². The lowest BCUT2D eigenvalue weighted by molar-refractivity contribution is -0.137. The number of aromatic nitrogens is 4. The van der Waals surface area contributed by atoms with Crippen molar-refractivity contribution in [2.75, 3.05) is 18.0 Å². The van der Waals surface area contributed by atoms with Gasteiger partial charge < -0.3 is 14.8 Å². The van der Waals surface area contributed by atoms with Gasteiger partial charge in [-0.05, 0) is 31.0 Å². The molecule has 4 heterocycles. The first kappa shape index (κ1) is 23.6. The Balaban J connectivity index is 1.56. The average molecular weight is 478 g/mol. The number of halogens is 3. The molecule has 1 N–H and O–H groups in total. The van der Waals surface area contributed by atoms with Crippen molar-refractivity contribution in [3.8, 4) is 0 Å². The topological polar surface area (TPSA) is 94.2 Å². The molecule has 0 bridgehead atoms. The number of nitrogens with one attached hydrogen (secondary N) is 1. The van der Waals surface area contributed by atoms with Gasteiger partial charge in [-0.1, -0.05) is 6.92 Å². The lowest BCUT2D eigenvalue weighted by atomic mass is 10.2. The second-order valence-electron chi connectivity index (χ2n) is 8.43. The maximum atomic E-state index is 13.2. The smallest absolute Gasteiger partial charge is 0.354 e. The van der Waals surface area contributed by atoms with Gasteiger partial charge in [0.05, 0.1) is 10.9 Å². The van der Waals surface area contributed by atoms with Crippen molar-refractivity contribution >= 4 is 22.8 Å². The molecule has 4 rings (SSSR count). The fourth-order valence-electron chi connectivity index (χ4n) is 4.37. The number of anilines is 1. The Labute approximate surface area is 192 Å². The largest absolute Gasteiger partial charge is 0.417 e. The summed E-state index contributed by atoms with van der Waals surface area (Å²) >= 11 is 0. The van der Waals surface area contributed by atoms with Gasteiger partial charge in [-0.25, -0.2) is 9.78 Å². The minimum absolute atomic E-state index is 0.253. The van der Waals surface area contributed by atoms with Crippen LogP contribution in [0.15, 0.2) is 34.0 Å². The molecule has 0 saturated carbocycles. The molecule has 12 heteroatoms. The molecule has 0 spiro atoms. The van der Waals surface area contributed by atoms with Crippen molar-refractivity contribution in [3.63, 3.8) is 0 Å². The third-order valence-electron chi connectivity index (χ3n) is 6.10. The van der Waals surface area contributed by atoms with Crippen LogP contribution in [0.2, 0.25) is 0 Å². The molecule has 0 aromatic carbocycles. The molecule has 34 heavy (non-hydrogen) atoms. The highest BCUT2D eigenvalue weighted by atomic mass is 19.4. The third kappa shape index (κ3) is 4.08. The van der Waals surface area contributed by atoms with E-state index in [1.165, 1.54) is 23.7 Å². The Hall–Kier alpha value is -3.57. The van der Waals surface area contributed by atoms with Crippen LogP contribution in [0.3, 0.4) is 0 Å². The van der Waals surface area contributed by atoms with Crippen LogP contribution in [0.25, 0.3) is 11.0 Å². The normalized spacial score (nSPS) is 16.4. The summed E-state index contributed by atoms with van der Waals surface area (Å²) in [6.07, 6.45) is -2.38. The van der Waals surface area contributed by atoms with Crippen LogP contribution >= 0.6 is 0 Å². The standard InChI is InChI=1S/C22H25F3N6O3/c1-4-8-31-16(10-15-19(31)28(2)21(34)29(3)20(15)33)18(32)27-14-7-9-30(12-14)17-6-5-13(11-26-17)22(23,24)25/h5-6,10-11,14H,4,7-9,12H2,1-3H3,(H,27,32). The van der Waals surface area contributed by atoms with E-state index in [0.29, 0.717) is 43.9 Å². The minimum Gasteiger partial charge on any atom is -0.354 e. The summed E-state index contributed by atoms with van der Waals surface area (Å²) < 4.78 is 42.4. The van der Waals surface area contributed by atoms with Gasteiger partial charge in [0, 0.05) is 46.0 Å². The molecule has 9 nitrogen and oxygen atoms in total. The predicted octanol–water partition coefficient (Wildman–Crippen LogP) is 1.87. The lowest BCUT2D eigenvalue weighted by Crippen LogP contribution is -2.38. The first-order chi connectivity index (χ1) is 16.0. The number of pyridine rings is 1. The van der Waals surface area contributed by atoms with Crippen molar-refractivity contribution in [3.05, 3.63) is 56.5 Å². The van der Waals surface area contributed by atoms with E-state index in [9.17, 15) is 27.6 Å². The lowest BCUT2D eigenvalue weighted by Gasteiger charge is -2.19. The second kappa shape index (κ2) is 8.65. The van der Waals surface area contributed by atoms with Gasteiger partial charge in [0.1, 0.15) is 17.2 Å². The first-order valence-corrected chi connectivity index (χ1v) is 10.9. The monoisotopic (exact) mass is 478 g/mol. The molecule has 1 aliphatic heterocycles. The van der Waals surface area contributed by atoms with Crippen LogP contribution in [-0.2, 0) is 26.8 Å². The molecular formula is C22H25F3N6O3. The highest BCUT2D eigenvalue weighted by Crippen LogP contribution is 2.30. The summed E-state index contributed by atoms with van der Waals surface area (Å²) in [5.41, 5.74) is -1.09. The molecule has 1 atom stereocenters. The highest BCUT2D eigenvalue weighted by molar-refractivity contribution is 5.98. The SMILES string of the molecule is CCCn1c(C(=O)NC2CCN(c3ccc(C(F)(F)F)cn3)C2)cc2c(=O)n(C)c(=O)n(C)c21. The molecule has 3 aromatic heterocycles. The average Bonchev–Trinajstić information content (AvgIpc) is 3.41. The van der Waals surface area contributed by atoms with Crippen molar-refractivity contribution in [1.29, 1.82) is 0 Å². The summed E-state index contributed by atoms with van der Waals surface area (Å²) in [6.45, 7) is 3.28. The zero-order chi connectivity index (χ0) is 24.8. The van der Waals surface area contributed by atoms with Crippen LogP contribution in [0, 0.1) is 0 Å². The van der Waals surface area contributed by atoms with Crippen LogP contribution in [-0.4, -0.2) is 43.7 Å². The quantitative estimate of drug-likeness (QED) is 0.604. The zero-order valence-corrected chi connectivity index (χ0v) is 19.0. The summed E-state index contributed by atoms with van der Waals surface area (Å²) in [4.78, 5) is 43.9. The summed E-state index contributed by atoms with van der Waals surface area (Å²) in [7, 11) is 2.95. The molecule has 1 unspecified atom stereocenters. The zero-order valence-electron chi connectivity index (χ0n) is 19.0. The Morgan fingerprint density at radius 2 is 1.94 bits per heavy atom. The summed E-state index contributed by atoms with van der Waals surface area (Å²) in [5.74, 6) is 0.0229. The molecule has 182 valence electrons. The van der Waals surface area contributed by atoms with E-state index in [1.54, 1.807) is 11.6 Å². The maximum absolute atomic E-state index is 13.2. The number of rotatable bonds is 5. The maximum Gasteiger partial charge on any atom is 0.417 e. The molecule has 0 radical (unpaired) electrons. The van der Waals surface area contributed by atoms with E-state index in [4.69, 9.17) is 0 Å². The van der Waals surface area contributed by atoms with E-state index in [2.05, 4.69) is 10.3 Å². The number of fused-ring (bicyclic) bond motifs is 1. The van der Waals surface area contributed by atoms with E-state index in [1.807, 2.05) is 11.8 Å². The Kier molecular flexibility index (Phi) is 6.00. The third-order valence-corrected chi connectivity index (χ3v) is 6.10. The fourth-order valence-corrected chi connectivity index (χ4v) is 4.37. The van der Waals surface area contributed by atoms with Gasteiger partial charge in [0.15, 0.2) is 0 Å². The van der Waals surface area contributed by atoms with Crippen LogP contribution in [0.5, 0.6) is 0 Å². The van der Waals surface area contributed by atoms with Crippen molar-refractivity contribution in [2.24, 2.45) is 14.1 Å².